The maximum atomic E-state index is 13.4. The molecule has 0 fully saturated rings. The van der Waals surface area contributed by atoms with Crippen LogP contribution in [0, 0.1) is 5.82 Å². The zero-order valence-electron chi connectivity index (χ0n) is 13.8. The number of carbonyl (C=O) groups is 1. The van der Waals surface area contributed by atoms with Crippen molar-refractivity contribution in [2.45, 2.75) is 12.8 Å². The SMILES string of the molecule is Cl.O=C(c1ccc2c(c1)CCNCC2)N1CCOc2cc(F)ccc21. The van der Waals surface area contributed by atoms with Gasteiger partial charge in [-0.05, 0) is 61.3 Å². The van der Waals surface area contributed by atoms with E-state index in [1.54, 1.807) is 11.0 Å². The topological polar surface area (TPSA) is 41.6 Å². The minimum Gasteiger partial charge on any atom is -0.489 e. The van der Waals surface area contributed by atoms with Crippen LogP contribution in [-0.2, 0) is 12.8 Å². The van der Waals surface area contributed by atoms with Gasteiger partial charge in [0.25, 0.3) is 5.91 Å². The summed E-state index contributed by atoms with van der Waals surface area (Å²) >= 11 is 0. The number of nitrogens with zero attached hydrogens (tertiary/aromatic N) is 1. The lowest BCUT2D eigenvalue weighted by Gasteiger charge is -2.29. The highest BCUT2D eigenvalue weighted by Gasteiger charge is 2.25. The van der Waals surface area contributed by atoms with Crippen molar-refractivity contribution in [2.24, 2.45) is 0 Å². The van der Waals surface area contributed by atoms with Gasteiger partial charge in [0.15, 0.2) is 0 Å². The summed E-state index contributed by atoms with van der Waals surface area (Å²) in [6.45, 7) is 2.75. The second-order valence-electron chi connectivity index (χ2n) is 6.15. The zero-order chi connectivity index (χ0) is 16.5. The number of amides is 1. The molecule has 2 aliphatic rings. The van der Waals surface area contributed by atoms with E-state index in [2.05, 4.69) is 11.4 Å². The van der Waals surface area contributed by atoms with E-state index < -0.39 is 0 Å². The molecule has 0 aliphatic carbocycles. The predicted octanol–water partition coefficient (Wildman–Crippen LogP) is 2.97. The molecule has 0 atom stereocenters. The van der Waals surface area contributed by atoms with E-state index in [9.17, 15) is 9.18 Å². The fourth-order valence-electron chi connectivity index (χ4n) is 3.37. The molecule has 1 N–H and O–H groups in total. The molecule has 0 aromatic heterocycles. The van der Waals surface area contributed by atoms with Gasteiger partial charge in [-0.1, -0.05) is 6.07 Å². The van der Waals surface area contributed by atoms with Crippen LogP contribution in [0.15, 0.2) is 36.4 Å². The minimum absolute atomic E-state index is 0. The molecular formula is C19H20ClFN2O2. The average molecular weight is 363 g/mol. The molecule has 132 valence electrons. The lowest BCUT2D eigenvalue weighted by molar-refractivity contribution is 0.0976. The molecule has 6 heteroatoms. The van der Waals surface area contributed by atoms with Gasteiger partial charge in [-0.25, -0.2) is 4.39 Å². The maximum Gasteiger partial charge on any atom is 0.258 e. The van der Waals surface area contributed by atoms with Crippen LogP contribution in [0.1, 0.15) is 21.5 Å². The Bertz CT molecular complexity index is 797. The molecule has 0 saturated heterocycles. The summed E-state index contributed by atoms with van der Waals surface area (Å²) in [5, 5.41) is 3.38. The Morgan fingerprint density at radius 2 is 1.88 bits per heavy atom. The molecule has 4 rings (SSSR count). The number of carbonyl (C=O) groups excluding carboxylic acids is 1. The molecule has 0 unspecified atom stereocenters. The van der Waals surface area contributed by atoms with Crippen LogP contribution in [0.5, 0.6) is 5.75 Å². The van der Waals surface area contributed by atoms with E-state index in [-0.39, 0.29) is 24.1 Å². The number of hydrogen-bond acceptors (Lipinski definition) is 3. The highest BCUT2D eigenvalue weighted by Crippen LogP contribution is 2.33. The lowest BCUT2D eigenvalue weighted by atomic mass is 9.99. The first-order valence-corrected chi connectivity index (χ1v) is 8.29. The van der Waals surface area contributed by atoms with Crippen molar-refractivity contribution < 1.29 is 13.9 Å². The molecule has 0 bridgehead atoms. The van der Waals surface area contributed by atoms with Gasteiger partial charge in [0.1, 0.15) is 18.2 Å². The van der Waals surface area contributed by atoms with Crippen LogP contribution in [0.25, 0.3) is 0 Å². The number of anilines is 1. The third-order valence-corrected chi connectivity index (χ3v) is 4.63. The van der Waals surface area contributed by atoms with Gasteiger partial charge in [-0.2, -0.15) is 0 Å². The van der Waals surface area contributed by atoms with Gasteiger partial charge >= 0.3 is 0 Å². The fraction of sp³-hybridized carbons (Fsp3) is 0.316. The standard InChI is InChI=1S/C19H19FN2O2.ClH/c20-16-3-4-17-18(12-16)24-10-9-22(17)19(23)15-2-1-13-5-7-21-8-6-14(13)11-15;/h1-4,11-12,21H,5-10H2;1H. The molecule has 4 nitrogen and oxygen atoms in total. The third kappa shape index (κ3) is 3.48. The molecule has 2 aromatic rings. The van der Waals surface area contributed by atoms with Crippen LogP contribution >= 0.6 is 12.4 Å². The first kappa shape index (κ1) is 17.7. The van der Waals surface area contributed by atoms with Crippen LogP contribution in [-0.4, -0.2) is 32.1 Å². The summed E-state index contributed by atoms with van der Waals surface area (Å²) in [7, 11) is 0. The highest BCUT2D eigenvalue weighted by atomic mass is 35.5. The maximum absolute atomic E-state index is 13.4. The number of fused-ring (bicyclic) bond motifs is 2. The van der Waals surface area contributed by atoms with E-state index in [0.29, 0.717) is 30.2 Å². The summed E-state index contributed by atoms with van der Waals surface area (Å²) in [6, 6.07) is 10.2. The van der Waals surface area contributed by atoms with Gasteiger partial charge in [0.05, 0.1) is 12.2 Å². The summed E-state index contributed by atoms with van der Waals surface area (Å²) in [6.07, 6.45) is 1.92. The van der Waals surface area contributed by atoms with Gasteiger partial charge < -0.3 is 15.0 Å². The first-order valence-electron chi connectivity index (χ1n) is 8.29. The Balaban J connectivity index is 0.00000182. The lowest BCUT2D eigenvalue weighted by Crippen LogP contribution is -2.38. The number of halogens is 2. The van der Waals surface area contributed by atoms with Crippen LogP contribution in [0.2, 0.25) is 0 Å². The van der Waals surface area contributed by atoms with E-state index >= 15 is 0 Å². The first-order chi connectivity index (χ1) is 11.7. The monoisotopic (exact) mass is 362 g/mol. The largest absolute Gasteiger partial charge is 0.489 e. The second kappa shape index (κ2) is 7.42. The summed E-state index contributed by atoms with van der Waals surface area (Å²) in [4.78, 5) is 14.7. The highest BCUT2D eigenvalue weighted by molar-refractivity contribution is 6.07. The van der Waals surface area contributed by atoms with Crippen molar-refractivity contribution in [3.63, 3.8) is 0 Å². The molecular weight excluding hydrogens is 343 g/mol. The molecule has 25 heavy (non-hydrogen) atoms. The Hall–Kier alpha value is -2.11. The zero-order valence-corrected chi connectivity index (χ0v) is 14.6. The minimum atomic E-state index is -0.361. The van der Waals surface area contributed by atoms with E-state index in [0.717, 1.165) is 25.9 Å². The van der Waals surface area contributed by atoms with E-state index in [4.69, 9.17) is 4.74 Å². The van der Waals surface area contributed by atoms with Gasteiger partial charge in [0.2, 0.25) is 0 Å². The molecule has 2 aromatic carbocycles. The third-order valence-electron chi connectivity index (χ3n) is 4.63. The summed E-state index contributed by atoms with van der Waals surface area (Å²) in [5.74, 6) is 0.000282. The number of nitrogens with one attached hydrogen (secondary N) is 1. The summed E-state index contributed by atoms with van der Waals surface area (Å²) in [5.41, 5.74) is 3.84. The van der Waals surface area contributed by atoms with Gasteiger partial charge in [0, 0.05) is 11.6 Å². The quantitative estimate of drug-likeness (QED) is 0.848. The van der Waals surface area contributed by atoms with Crippen molar-refractivity contribution >= 4 is 24.0 Å². The normalized spacial score (nSPS) is 16.0. The van der Waals surface area contributed by atoms with Crippen molar-refractivity contribution in [1.82, 2.24) is 5.32 Å². The van der Waals surface area contributed by atoms with Crippen molar-refractivity contribution in [3.8, 4) is 5.75 Å². The van der Waals surface area contributed by atoms with Gasteiger partial charge in [-0.15, -0.1) is 12.4 Å². The summed E-state index contributed by atoms with van der Waals surface area (Å²) < 4.78 is 18.9. The molecule has 0 saturated carbocycles. The Morgan fingerprint density at radius 1 is 1.08 bits per heavy atom. The number of rotatable bonds is 1. The average Bonchev–Trinajstić information content (AvgIpc) is 2.85. The molecule has 2 heterocycles. The molecule has 1 amide bonds. The Labute approximate surface area is 152 Å². The van der Waals surface area contributed by atoms with Crippen molar-refractivity contribution in [3.05, 3.63) is 58.9 Å². The van der Waals surface area contributed by atoms with Gasteiger partial charge in [-0.3, -0.25) is 4.79 Å². The number of hydrogen-bond donors (Lipinski definition) is 1. The van der Waals surface area contributed by atoms with E-state index in [1.807, 2.05) is 12.1 Å². The number of benzene rings is 2. The van der Waals surface area contributed by atoms with Crippen molar-refractivity contribution in [1.29, 1.82) is 0 Å². The molecule has 2 aliphatic heterocycles. The van der Waals surface area contributed by atoms with Crippen LogP contribution < -0.4 is 15.0 Å². The Kier molecular flexibility index (Phi) is 5.25. The molecule has 0 spiro atoms. The number of ether oxygens (including phenoxy) is 1. The molecule has 0 radical (unpaired) electrons. The predicted molar refractivity (Wildman–Crippen MR) is 97.5 cm³/mol. The van der Waals surface area contributed by atoms with Crippen LogP contribution in [0.3, 0.4) is 0 Å². The fourth-order valence-corrected chi connectivity index (χ4v) is 3.37. The van der Waals surface area contributed by atoms with Crippen molar-refractivity contribution in [2.75, 3.05) is 31.1 Å². The van der Waals surface area contributed by atoms with E-state index in [1.165, 1.54) is 23.3 Å². The Morgan fingerprint density at radius 3 is 2.72 bits per heavy atom. The smallest absolute Gasteiger partial charge is 0.258 e. The van der Waals surface area contributed by atoms with Crippen LogP contribution in [0.4, 0.5) is 10.1 Å². The second-order valence-corrected chi connectivity index (χ2v) is 6.15.